The quantitative estimate of drug-likeness (QED) is 0.885. The highest BCUT2D eigenvalue weighted by atomic mass is 16.5. The molecule has 0 bridgehead atoms. The maximum absolute atomic E-state index is 12.0. The first-order valence-electron chi connectivity index (χ1n) is 8.20. The molecule has 0 saturated carbocycles. The number of fused-ring (bicyclic) bond motifs is 1. The molecule has 1 aromatic carbocycles. The Balaban J connectivity index is 1.46. The van der Waals surface area contributed by atoms with Crippen molar-refractivity contribution in [2.75, 3.05) is 20.3 Å². The van der Waals surface area contributed by atoms with Gasteiger partial charge in [-0.3, -0.25) is 9.78 Å². The summed E-state index contributed by atoms with van der Waals surface area (Å²) in [5.74, 6) is 1.96. The first kappa shape index (κ1) is 16.3. The third kappa shape index (κ3) is 4.04. The number of hydrogen-bond donors (Lipinski definition) is 1. The van der Waals surface area contributed by atoms with E-state index in [1.54, 1.807) is 19.5 Å². The van der Waals surface area contributed by atoms with Gasteiger partial charge in [-0.2, -0.15) is 0 Å². The lowest BCUT2D eigenvalue weighted by Crippen LogP contribution is -2.35. The molecular weight excluding hydrogens is 304 g/mol. The summed E-state index contributed by atoms with van der Waals surface area (Å²) in [6.07, 6.45) is 5.60. The first-order valence-corrected chi connectivity index (χ1v) is 8.20. The van der Waals surface area contributed by atoms with Gasteiger partial charge in [0.15, 0.2) is 11.5 Å². The highest BCUT2D eigenvalue weighted by Crippen LogP contribution is 2.35. The maximum Gasteiger partial charge on any atom is 0.220 e. The van der Waals surface area contributed by atoms with E-state index in [0.29, 0.717) is 19.6 Å². The Morgan fingerprint density at radius 2 is 2.17 bits per heavy atom. The zero-order valence-corrected chi connectivity index (χ0v) is 13.8. The zero-order chi connectivity index (χ0) is 16.8. The van der Waals surface area contributed by atoms with Crippen molar-refractivity contribution in [1.29, 1.82) is 0 Å². The molecule has 1 atom stereocenters. The van der Waals surface area contributed by atoms with Crippen LogP contribution in [-0.4, -0.2) is 31.2 Å². The van der Waals surface area contributed by atoms with Crippen LogP contribution in [0, 0.1) is 5.92 Å². The molecule has 24 heavy (non-hydrogen) atoms. The third-order valence-electron chi connectivity index (χ3n) is 4.23. The number of carbonyl (C=O) groups is 1. The van der Waals surface area contributed by atoms with Crippen molar-refractivity contribution in [1.82, 2.24) is 10.3 Å². The highest BCUT2D eigenvalue weighted by molar-refractivity contribution is 5.76. The van der Waals surface area contributed by atoms with Gasteiger partial charge < -0.3 is 14.8 Å². The van der Waals surface area contributed by atoms with Crippen LogP contribution in [0.3, 0.4) is 0 Å². The standard InChI is InChI=1S/C19H22N2O3/c1-23-17-4-2-3-16-11-15(13-24-19(16)17)12-21-18(22)6-5-14-7-9-20-10-8-14/h2-4,7-10,15H,5-6,11-13H2,1H3,(H,21,22)/t15-/m1/s1. The van der Waals surface area contributed by atoms with Crippen molar-refractivity contribution in [2.24, 2.45) is 5.92 Å². The fraction of sp³-hybridized carbons (Fsp3) is 0.368. The number of amides is 1. The van der Waals surface area contributed by atoms with Crippen LogP contribution in [-0.2, 0) is 17.6 Å². The van der Waals surface area contributed by atoms with E-state index in [0.717, 1.165) is 35.5 Å². The van der Waals surface area contributed by atoms with E-state index in [1.165, 1.54) is 0 Å². The minimum atomic E-state index is 0.0725. The first-order chi connectivity index (χ1) is 11.8. The molecule has 0 spiro atoms. The van der Waals surface area contributed by atoms with E-state index in [1.807, 2.05) is 24.3 Å². The third-order valence-corrected chi connectivity index (χ3v) is 4.23. The minimum absolute atomic E-state index is 0.0725. The number of rotatable bonds is 6. The van der Waals surface area contributed by atoms with Crippen LogP contribution in [0.5, 0.6) is 11.5 Å². The number of aryl methyl sites for hydroxylation is 1. The van der Waals surface area contributed by atoms with Gasteiger partial charge in [0.25, 0.3) is 0 Å². The van der Waals surface area contributed by atoms with Gasteiger partial charge >= 0.3 is 0 Å². The molecule has 126 valence electrons. The van der Waals surface area contributed by atoms with Crippen molar-refractivity contribution in [3.05, 3.63) is 53.9 Å². The molecule has 2 heterocycles. The second-order valence-electron chi connectivity index (χ2n) is 5.99. The minimum Gasteiger partial charge on any atom is -0.493 e. The summed E-state index contributed by atoms with van der Waals surface area (Å²) in [5, 5.41) is 3.02. The van der Waals surface area contributed by atoms with Gasteiger partial charge in [0.05, 0.1) is 13.7 Å². The lowest BCUT2D eigenvalue weighted by molar-refractivity contribution is -0.121. The van der Waals surface area contributed by atoms with Crippen molar-refractivity contribution in [2.45, 2.75) is 19.3 Å². The lowest BCUT2D eigenvalue weighted by Gasteiger charge is -2.26. The van der Waals surface area contributed by atoms with Gasteiger partial charge in [0.1, 0.15) is 0 Å². The van der Waals surface area contributed by atoms with Crippen LogP contribution in [0.2, 0.25) is 0 Å². The van der Waals surface area contributed by atoms with Crippen LogP contribution in [0.1, 0.15) is 17.5 Å². The van der Waals surface area contributed by atoms with Crippen LogP contribution < -0.4 is 14.8 Å². The van der Waals surface area contributed by atoms with Crippen LogP contribution >= 0.6 is 0 Å². The Morgan fingerprint density at radius 3 is 2.96 bits per heavy atom. The monoisotopic (exact) mass is 326 g/mol. The number of ether oxygens (including phenoxy) is 2. The van der Waals surface area contributed by atoms with Gasteiger partial charge in [-0.15, -0.1) is 0 Å². The SMILES string of the molecule is COc1cccc2c1OC[C@@H](CNC(=O)CCc1ccncc1)C2. The zero-order valence-electron chi connectivity index (χ0n) is 13.8. The molecule has 1 aliphatic heterocycles. The number of pyridine rings is 1. The predicted octanol–water partition coefficient (Wildman–Crippen LogP) is 2.39. The summed E-state index contributed by atoms with van der Waals surface area (Å²) in [5.41, 5.74) is 2.26. The van der Waals surface area contributed by atoms with Crippen LogP contribution in [0.25, 0.3) is 0 Å². The fourth-order valence-corrected chi connectivity index (χ4v) is 2.90. The van der Waals surface area contributed by atoms with Crippen molar-refractivity contribution in [3.63, 3.8) is 0 Å². The van der Waals surface area contributed by atoms with Gasteiger partial charge in [0, 0.05) is 31.3 Å². The molecule has 3 rings (SSSR count). The number of aromatic nitrogens is 1. The average Bonchev–Trinajstić information content (AvgIpc) is 2.64. The Morgan fingerprint density at radius 1 is 1.33 bits per heavy atom. The Kier molecular flexibility index (Phi) is 5.31. The van der Waals surface area contributed by atoms with Crippen LogP contribution in [0.15, 0.2) is 42.7 Å². The molecule has 5 heteroatoms. The van der Waals surface area contributed by atoms with E-state index in [4.69, 9.17) is 9.47 Å². The summed E-state index contributed by atoms with van der Waals surface area (Å²) in [4.78, 5) is 16.0. The molecule has 1 N–H and O–H groups in total. The maximum atomic E-state index is 12.0. The normalized spacial score (nSPS) is 16.0. The molecule has 1 aromatic heterocycles. The average molecular weight is 326 g/mol. The smallest absolute Gasteiger partial charge is 0.220 e. The van der Waals surface area contributed by atoms with Gasteiger partial charge in [-0.1, -0.05) is 12.1 Å². The molecule has 0 radical (unpaired) electrons. The number of hydrogen-bond acceptors (Lipinski definition) is 4. The predicted molar refractivity (Wildman–Crippen MR) is 91.3 cm³/mol. The molecular formula is C19H22N2O3. The Labute approximate surface area is 142 Å². The van der Waals surface area contributed by atoms with E-state index < -0.39 is 0 Å². The number of carbonyl (C=O) groups excluding carboxylic acids is 1. The lowest BCUT2D eigenvalue weighted by atomic mass is 9.96. The topological polar surface area (TPSA) is 60.5 Å². The van der Waals surface area contributed by atoms with Gasteiger partial charge in [-0.05, 0) is 42.2 Å². The summed E-state index contributed by atoms with van der Waals surface area (Å²) in [6.45, 7) is 1.23. The van der Waals surface area contributed by atoms with E-state index >= 15 is 0 Å². The Hall–Kier alpha value is -2.56. The van der Waals surface area contributed by atoms with E-state index in [2.05, 4.69) is 16.4 Å². The second-order valence-corrected chi connectivity index (χ2v) is 5.99. The van der Waals surface area contributed by atoms with E-state index in [9.17, 15) is 4.79 Å². The van der Waals surface area contributed by atoms with Gasteiger partial charge in [-0.25, -0.2) is 0 Å². The summed E-state index contributed by atoms with van der Waals surface area (Å²) >= 11 is 0. The van der Waals surface area contributed by atoms with Crippen molar-refractivity contribution >= 4 is 5.91 Å². The molecule has 2 aromatic rings. The highest BCUT2D eigenvalue weighted by Gasteiger charge is 2.22. The number of nitrogens with one attached hydrogen (secondary N) is 1. The molecule has 0 unspecified atom stereocenters. The van der Waals surface area contributed by atoms with Crippen LogP contribution in [0.4, 0.5) is 0 Å². The van der Waals surface area contributed by atoms with Crippen molar-refractivity contribution < 1.29 is 14.3 Å². The summed E-state index contributed by atoms with van der Waals surface area (Å²) in [6, 6.07) is 9.80. The largest absolute Gasteiger partial charge is 0.493 e. The van der Waals surface area contributed by atoms with Gasteiger partial charge in [0.2, 0.25) is 5.91 Å². The molecule has 0 saturated heterocycles. The molecule has 1 aliphatic rings. The number of nitrogens with zero attached hydrogens (tertiary/aromatic N) is 1. The summed E-state index contributed by atoms with van der Waals surface area (Å²) in [7, 11) is 1.65. The number of para-hydroxylation sites is 1. The molecule has 1 amide bonds. The summed E-state index contributed by atoms with van der Waals surface area (Å²) < 4.78 is 11.2. The van der Waals surface area contributed by atoms with Crippen molar-refractivity contribution in [3.8, 4) is 11.5 Å². The Bertz CT molecular complexity index is 688. The molecule has 5 nitrogen and oxygen atoms in total. The number of benzene rings is 1. The number of methoxy groups -OCH3 is 1. The second kappa shape index (κ2) is 7.81. The molecule has 0 aliphatic carbocycles. The van der Waals surface area contributed by atoms with E-state index in [-0.39, 0.29) is 11.8 Å². The fourth-order valence-electron chi connectivity index (χ4n) is 2.90. The molecule has 0 fully saturated rings.